The van der Waals surface area contributed by atoms with E-state index in [0.29, 0.717) is 6.54 Å². The average molecular weight is 341 g/mol. The van der Waals surface area contributed by atoms with E-state index in [1.807, 2.05) is 43.3 Å². The van der Waals surface area contributed by atoms with E-state index in [0.717, 1.165) is 32.1 Å². The molecule has 0 aromatic heterocycles. The van der Waals surface area contributed by atoms with Gasteiger partial charge in [-0.05, 0) is 48.4 Å². The number of ether oxygens (including phenoxy) is 1. The fraction of sp³-hybridized carbons (Fsp3) is 0.200. The normalized spacial score (nSPS) is 10.3. The summed E-state index contributed by atoms with van der Waals surface area (Å²) in [6.45, 7) is 2.70. The predicted octanol–water partition coefficient (Wildman–Crippen LogP) is 5.03. The van der Waals surface area contributed by atoms with Crippen LogP contribution in [0.25, 0.3) is 0 Å². The molecule has 0 saturated heterocycles. The zero-order valence-corrected chi connectivity index (χ0v) is 13.2. The Morgan fingerprint density at radius 3 is 2.68 bits per heavy atom. The first-order valence-corrected chi connectivity index (χ1v) is 7.09. The van der Waals surface area contributed by atoms with Gasteiger partial charge in [-0.25, -0.2) is 0 Å². The third kappa shape index (κ3) is 3.64. The molecule has 0 unspecified atom stereocenters. The number of anilines is 1. The van der Waals surface area contributed by atoms with Crippen LogP contribution < -0.4 is 10.1 Å². The minimum Gasteiger partial charge on any atom is -0.497 e. The molecule has 2 nitrogen and oxygen atoms in total. The van der Waals surface area contributed by atoms with Gasteiger partial charge in [0.25, 0.3) is 0 Å². The lowest BCUT2D eigenvalue weighted by Gasteiger charge is -2.11. The molecule has 0 aliphatic rings. The van der Waals surface area contributed by atoms with E-state index in [1.54, 1.807) is 7.11 Å². The second-order valence-corrected chi connectivity index (χ2v) is 5.54. The van der Waals surface area contributed by atoms with Gasteiger partial charge < -0.3 is 10.1 Å². The van der Waals surface area contributed by atoms with Crippen LogP contribution in [-0.4, -0.2) is 7.11 Å². The molecular formula is C15H15BrClNO. The molecule has 0 amide bonds. The molecule has 0 heterocycles. The van der Waals surface area contributed by atoms with Crippen molar-refractivity contribution in [2.24, 2.45) is 0 Å². The van der Waals surface area contributed by atoms with E-state index in [1.165, 1.54) is 0 Å². The van der Waals surface area contributed by atoms with Crippen molar-refractivity contribution in [3.8, 4) is 5.75 Å². The van der Waals surface area contributed by atoms with Crippen LogP contribution in [0, 0.1) is 6.92 Å². The van der Waals surface area contributed by atoms with Crippen molar-refractivity contribution in [1.29, 1.82) is 0 Å². The highest BCUT2D eigenvalue weighted by Gasteiger charge is 2.03. The molecule has 19 heavy (non-hydrogen) atoms. The Labute approximate surface area is 126 Å². The van der Waals surface area contributed by atoms with E-state index in [9.17, 15) is 0 Å². The average Bonchev–Trinajstić information content (AvgIpc) is 2.41. The van der Waals surface area contributed by atoms with Crippen molar-refractivity contribution in [3.05, 3.63) is 57.0 Å². The molecule has 2 aromatic rings. The summed E-state index contributed by atoms with van der Waals surface area (Å²) in [7, 11) is 1.67. The zero-order valence-electron chi connectivity index (χ0n) is 10.8. The monoisotopic (exact) mass is 339 g/mol. The Kier molecular flexibility index (Phi) is 4.72. The topological polar surface area (TPSA) is 21.3 Å². The van der Waals surface area contributed by atoms with Gasteiger partial charge in [0.2, 0.25) is 0 Å². The number of halogens is 2. The van der Waals surface area contributed by atoms with Crippen molar-refractivity contribution in [3.63, 3.8) is 0 Å². The van der Waals surface area contributed by atoms with Gasteiger partial charge >= 0.3 is 0 Å². The second kappa shape index (κ2) is 6.31. The molecule has 0 atom stereocenters. The Bertz CT molecular complexity index is 586. The molecule has 0 radical (unpaired) electrons. The maximum Gasteiger partial charge on any atom is 0.119 e. The van der Waals surface area contributed by atoms with Gasteiger partial charge in [0.1, 0.15) is 5.75 Å². The molecule has 0 fully saturated rings. The van der Waals surface area contributed by atoms with Gasteiger partial charge in [-0.3, -0.25) is 0 Å². The third-order valence-electron chi connectivity index (χ3n) is 2.91. The van der Waals surface area contributed by atoms with Gasteiger partial charge in [-0.15, -0.1) is 0 Å². The summed E-state index contributed by atoms with van der Waals surface area (Å²) in [4.78, 5) is 0. The molecule has 4 heteroatoms. The Hall–Kier alpha value is -1.19. The van der Waals surface area contributed by atoms with Crippen molar-refractivity contribution < 1.29 is 4.74 Å². The van der Waals surface area contributed by atoms with E-state index < -0.39 is 0 Å². The first-order valence-electron chi connectivity index (χ1n) is 5.92. The van der Waals surface area contributed by atoms with Crippen LogP contribution in [-0.2, 0) is 6.54 Å². The minimum absolute atomic E-state index is 0.706. The van der Waals surface area contributed by atoms with E-state index >= 15 is 0 Å². The summed E-state index contributed by atoms with van der Waals surface area (Å²) in [5.74, 6) is 0.849. The SMILES string of the molecule is COc1ccc(Br)c(CNc2ccc(C)c(Cl)c2)c1. The number of hydrogen-bond donors (Lipinski definition) is 1. The number of aryl methyl sites for hydroxylation is 1. The molecule has 0 saturated carbocycles. The first kappa shape index (κ1) is 14.2. The molecule has 0 spiro atoms. The zero-order chi connectivity index (χ0) is 13.8. The van der Waals surface area contributed by atoms with Gasteiger partial charge in [0, 0.05) is 21.7 Å². The van der Waals surface area contributed by atoms with Crippen LogP contribution in [0.5, 0.6) is 5.75 Å². The van der Waals surface area contributed by atoms with Crippen molar-refractivity contribution in [2.75, 3.05) is 12.4 Å². The van der Waals surface area contributed by atoms with E-state index in [4.69, 9.17) is 16.3 Å². The van der Waals surface area contributed by atoms with Gasteiger partial charge in [-0.2, -0.15) is 0 Å². The standard InChI is InChI=1S/C15H15BrClNO/c1-10-3-4-12(8-15(10)17)18-9-11-7-13(19-2)5-6-14(11)16/h3-8,18H,9H2,1-2H3. The summed E-state index contributed by atoms with van der Waals surface area (Å²) in [6.07, 6.45) is 0. The first-order chi connectivity index (χ1) is 9.10. The lowest BCUT2D eigenvalue weighted by atomic mass is 10.2. The lowest BCUT2D eigenvalue weighted by molar-refractivity contribution is 0.414. The van der Waals surface area contributed by atoms with E-state index in [2.05, 4.69) is 21.2 Å². The molecular weight excluding hydrogens is 326 g/mol. The molecule has 0 aliphatic carbocycles. The molecule has 2 aromatic carbocycles. The number of methoxy groups -OCH3 is 1. The summed E-state index contributed by atoms with van der Waals surface area (Å²) in [5.41, 5.74) is 3.22. The second-order valence-electron chi connectivity index (χ2n) is 4.27. The highest BCUT2D eigenvalue weighted by atomic mass is 79.9. The fourth-order valence-corrected chi connectivity index (χ4v) is 2.28. The van der Waals surface area contributed by atoms with Crippen LogP contribution in [0.4, 0.5) is 5.69 Å². The molecule has 0 bridgehead atoms. The highest BCUT2D eigenvalue weighted by molar-refractivity contribution is 9.10. The van der Waals surface area contributed by atoms with Gasteiger partial charge in [0.15, 0.2) is 0 Å². The summed E-state index contributed by atoms with van der Waals surface area (Å²) < 4.78 is 6.28. The Morgan fingerprint density at radius 1 is 1.21 bits per heavy atom. The molecule has 100 valence electrons. The Balaban J connectivity index is 2.11. The smallest absolute Gasteiger partial charge is 0.119 e. The van der Waals surface area contributed by atoms with Gasteiger partial charge in [0.05, 0.1) is 7.11 Å². The van der Waals surface area contributed by atoms with Crippen LogP contribution in [0.3, 0.4) is 0 Å². The summed E-state index contributed by atoms with van der Waals surface area (Å²) in [6, 6.07) is 11.9. The molecule has 0 aliphatic heterocycles. The Morgan fingerprint density at radius 2 is 2.00 bits per heavy atom. The number of hydrogen-bond acceptors (Lipinski definition) is 2. The lowest BCUT2D eigenvalue weighted by Crippen LogP contribution is -2.01. The largest absolute Gasteiger partial charge is 0.497 e. The van der Waals surface area contributed by atoms with Crippen LogP contribution in [0.15, 0.2) is 40.9 Å². The quantitative estimate of drug-likeness (QED) is 0.842. The number of rotatable bonds is 4. The summed E-state index contributed by atoms with van der Waals surface area (Å²) in [5, 5.41) is 4.12. The van der Waals surface area contributed by atoms with E-state index in [-0.39, 0.29) is 0 Å². The maximum absolute atomic E-state index is 6.11. The third-order valence-corrected chi connectivity index (χ3v) is 4.09. The maximum atomic E-state index is 6.11. The fourth-order valence-electron chi connectivity index (χ4n) is 1.71. The molecule has 2 rings (SSSR count). The van der Waals surface area contributed by atoms with Crippen LogP contribution in [0.2, 0.25) is 5.02 Å². The number of benzene rings is 2. The van der Waals surface area contributed by atoms with Crippen molar-refractivity contribution in [1.82, 2.24) is 0 Å². The van der Waals surface area contributed by atoms with Crippen LogP contribution >= 0.6 is 27.5 Å². The number of nitrogens with one attached hydrogen (secondary N) is 1. The highest BCUT2D eigenvalue weighted by Crippen LogP contribution is 2.25. The van der Waals surface area contributed by atoms with Gasteiger partial charge in [-0.1, -0.05) is 33.6 Å². The minimum atomic E-state index is 0.706. The summed E-state index contributed by atoms with van der Waals surface area (Å²) >= 11 is 9.64. The van der Waals surface area contributed by atoms with Crippen molar-refractivity contribution >= 4 is 33.2 Å². The predicted molar refractivity (Wildman–Crippen MR) is 84.2 cm³/mol. The molecule has 1 N–H and O–H groups in total. The van der Waals surface area contributed by atoms with Crippen molar-refractivity contribution in [2.45, 2.75) is 13.5 Å². The van der Waals surface area contributed by atoms with Crippen LogP contribution in [0.1, 0.15) is 11.1 Å².